The van der Waals surface area contributed by atoms with Gasteiger partial charge in [0.05, 0.1) is 24.1 Å². The molecule has 0 spiro atoms. The summed E-state index contributed by atoms with van der Waals surface area (Å²) in [5.74, 6) is -2.71. The van der Waals surface area contributed by atoms with Gasteiger partial charge in [0.2, 0.25) is 17.1 Å². The van der Waals surface area contributed by atoms with Crippen molar-refractivity contribution in [1.82, 2.24) is 0 Å². The van der Waals surface area contributed by atoms with Gasteiger partial charge in [-0.1, -0.05) is 42.8 Å². The van der Waals surface area contributed by atoms with E-state index in [1.165, 1.54) is 0 Å². The van der Waals surface area contributed by atoms with E-state index >= 15 is 0 Å². The second-order valence-electron chi connectivity index (χ2n) is 6.35. The predicted octanol–water partition coefficient (Wildman–Crippen LogP) is 3.65. The Hall–Kier alpha value is -2.85. The monoisotopic (exact) mass is 366 g/mol. The van der Waals surface area contributed by atoms with Gasteiger partial charge in [-0.3, -0.25) is 5.41 Å². The second-order valence-corrected chi connectivity index (χ2v) is 6.78. The van der Waals surface area contributed by atoms with Gasteiger partial charge in [0.25, 0.3) is 0 Å². The van der Waals surface area contributed by atoms with Gasteiger partial charge in [-0.05, 0) is 19.1 Å². The zero-order chi connectivity index (χ0) is 19.2. The molecule has 4 unspecified atom stereocenters. The molecule has 6 nitrogen and oxygen atoms in total. The number of rotatable bonds is 2. The molecule has 26 heavy (non-hydrogen) atoms. The summed E-state index contributed by atoms with van der Waals surface area (Å²) >= 11 is 6.11. The quantitative estimate of drug-likeness (QED) is 0.802. The highest BCUT2D eigenvalue weighted by molar-refractivity contribution is 6.30. The fourth-order valence-corrected chi connectivity index (χ4v) is 4.15. The molecule has 0 aromatic heterocycles. The molecule has 1 aromatic carbocycles. The smallest absolute Gasteiger partial charge is 0.244 e. The van der Waals surface area contributed by atoms with Crippen molar-refractivity contribution in [1.29, 1.82) is 21.2 Å². The highest BCUT2D eigenvalue weighted by Crippen LogP contribution is 2.65. The number of fused-ring (bicyclic) bond motifs is 2. The predicted molar refractivity (Wildman–Crippen MR) is 92.5 cm³/mol. The fourth-order valence-electron chi connectivity index (χ4n) is 3.96. The van der Waals surface area contributed by atoms with Crippen LogP contribution in [0.3, 0.4) is 0 Å². The number of hydrogen-bond acceptors (Lipinski definition) is 6. The van der Waals surface area contributed by atoms with Gasteiger partial charge in [0.15, 0.2) is 5.41 Å². The zero-order valence-corrected chi connectivity index (χ0v) is 14.9. The van der Waals surface area contributed by atoms with Crippen molar-refractivity contribution in [3.63, 3.8) is 0 Å². The van der Waals surface area contributed by atoms with Crippen LogP contribution < -0.4 is 0 Å². The third kappa shape index (κ3) is 1.85. The van der Waals surface area contributed by atoms with Gasteiger partial charge in [-0.25, -0.2) is 0 Å². The molecule has 1 aromatic rings. The summed E-state index contributed by atoms with van der Waals surface area (Å²) in [7, 11) is 0. The summed E-state index contributed by atoms with van der Waals surface area (Å²) in [6.07, 6.45) is 2.13. The maximum atomic E-state index is 10.0. The Bertz CT molecular complexity index is 924. The molecule has 2 fully saturated rings. The fraction of sp³-hybridized carbons (Fsp3) is 0.368. The number of nitriles is 3. The molecule has 3 rings (SSSR count). The maximum Gasteiger partial charge on any atom is 0.244 e. The Kier molecular flexibility index (Phi) is 4.04. The van der Waals surface area contributed by atoms with Gasteiger partial charge >= 0.3 is 0 Å². The maximum absolute atomic E-state index is 10.0. The Labute approximate surface area is 156 Å². The minimum absolute atomic E-state index is 0.442. The van der Waals surface area contributed by atoms with Gasteiger partial charge in [0, 0.05) is 10.6 Å². The average molecular weight is 367 g/mol. The van der Waals surface area contributed by atoms with Gasteiger partial charge in [-0.2, -0.15) is 15.8 Å². The van der Waals surface area contributed by atoms with E-state index in [2.05, 4.69) is 6.07 Å². The number of nitrogens with zero attached hydrogens (tertiary/aromatic N) is 3. The highest BCUT2D eigenvalue weighted by atomic mass is 35.5. The van der Waals surface area contributed by atoms with Crippen LogP contribution in [0.4, 0.5) is 0 Å². The summed E-state index contributed by atoms with van der Waals surface area (Å²) in [5.41, 5.74) is -3.16. The van der Waals surface area contributed by atoms with Crippen LogP contribution in [0.1, 0.15) is 19.4 Å². The molecule has 0 saturated carbocycles. The Balaban J connectivity index is 2.35. The van der Waals surface area contributed by atoms with Crippen LogP contribution >= 0.6 is 11.6 Å². The van der Waals surface area contributed by atoms with E-state index in [4.69, 9.17) is 26.5 Å². The molecule has 2 bridgehead atoms. The Morgan fingerprint density at radius 2 is 1.92 bits per heavy atom. The van der Waals surface area contributed by atoms with Gasteiger partial charge in [0.1, 0.15) is 6.10 Å². The Morgan fingerprint density at radius 3 is 2.46 bits per heavy atom. The molecule has 2 aliphatic heterocycles. The molecular weight excluding hydrogens is 352 g/mol. The molecule has 4 atom stereocenters. The lowest BCUT2D eigenvalue weighted by molar-refractivity contribution is -0.273. The molecule has 7 heteroatoms. The number of benzene rings is 1. The van der Waals surface area contributed by atoms with Gasteiger partial charge in [-0.15, -0.1) is 0 Å². The lowest BCUT2D eigenvalue weighted by Gasteiger charge is -2.47. The van der Waals surface area contributed by atoms with Crippen molar-refractivity contribution in [2.24, 2.45) is 16.7 Å². The number of allylic oxidation sites excluding steroid dienone is 1. The van der Waals surface area contributed by atoms with E-state index in [0.29, 0.717) is 10.6 Å². The number of hydrogen-bond donors (Lipinski definition) is 1. The van der Waals surface area contributed by atoms with E-state index in [1.54, 1.807) is 50.3 Å². The first kappa shape index (κ1) is 18.0. The van der Waals surface area contributed by atoms with Crippen LogP contribution in [0.2, 0.25) is 5.02 Å². The lowest BCUT2D eigenvalue weighted by atomic mass is 9.54. The van der Waals surface area contributed by atoms with Crippen molar-refractivity contribution in [2.75, 3.05) is 0 Å². The molecule has 0 radical (unpaired) electrons. The summed E-state index contributed by atoms with van der Waals surface area (Å²) < 4.78 is 11.9. The molecule has 2 saturated heterocycles. The minimum atomic E-state index is -1.91. The first-order chi connectivity index (χ1) is 12.4. The van der Waals surface area contributed by atoms with Crippen LogP contribution in [0.15, 0.2) is 36.4 Å². The first-order valence-corrected chi connectivity index (χ1v) is 8.34. The van der Waals surface area contributed by atoms with Crippen LogP contribution in [0, 0.1) is 56.2 Å². The third-order valence-electron chi connectivity index (χ3n) is 5.31. The molecule has 0 aliphatic carbocycles. The van der Waals surface area contributed by atoms with Crippen molar-refractivity contribution in [3.05, 3.63) is 47.0 Å². The van der Waals surface area contributed by atoms with Gasteiger partial charge < -0.3 is 9.47 Å². The molecule has 2 aliphatic rings. The molecule has 130 valence electrons. The second kappa shape index (κ2) is 5.85. The zero-order valence-electron chi connectivity index (χ0n) is 14.2. The van der Waals surface area contributed by atoms with E-state index in [-0.39, 0.29) is 0 Å². The SMILES string of the molecule is CC=CC1OC2(c3cccc(Cl)c3)OC(=N)C(C#N)(C2C)C1(C#N)C#N. The van der Waals surface area contributed by atoms with Crippen molar-refractivity contribution < 1.29 is 9.47 Å². The van der Waals surface area contributed by atoms with Crippen molar-refractivity contribution in [2.45, 2.75) is 25.7 Å². The van der Waals surface area contributed by atoms with Crippen LogP contribution in [-0.4, -0.2) is 12.0 Å². The highest BCUT2D eigenvalue weighted by Gasteiger charge is 2.79. The standard InChI is InChI=1S/C19H15ClN4O2/c1-3-5-15-17(9-21,10-22)18(11-23)12(2)19(25-15,26-16(18)24)13-6-4-7-14(20)8-13/h3-8,12,15,24H,1-2H3. The summed E-state index contributed by atoms with van der Waals surface area (Å²) in [6, 6.07) is 12.7. The Morgan fingerprint density at radius 1 is 1.23 bits per heavy atom. The summed E-state index contributed by atoms with van der Waals surface area (Å²) in [4.78, 5) is 0. The van der Waals surface area contributed by atoms with E-state index in [1.807, 2.05) is 12.1 Å². The third-order valence-corrected chi connectivity index (χ3v) is 5.54. The average Bonchev–Trinajstić information content (AvgIpc) is 2.80. The topological polar surface area (TPSA) is 114 Å². The van der Waals surface area contributed by atoms with Crippen molar-refractivity contribution >= 4 is 17.5 Å². The van der Waals surface area contributed by atoms with Crippen LogP contribution in [0.25, 0.3) is 0 Å². The molecule has 1 N–H and O–H groups in total. The molecular formula is C19H15ClN4O2. The largest absolute Gasteiger partial charge is 0.443 e. The molecule has 2 heterocycles. The summed E-state index contributed by atoms with van der Waals surface area (Å²) in [5, 5.41) is 38.6. The first-order valence-electron chi connectivity index (χ1n) is 7.97. The normalized spacial score (nSPS) is 34.5. The van der Waals surface area contributed by atoms with E-state index in [9.17, 15) is 15.8 Å². The van der Waals surface area contributed by atoms with E-state index in [0.717, 1.165) is 0 Å². The van der Waals surface area contributed by atoms with Crippen molar-refractivity contribution in [3.8, 4) is 18.2 Å². The lowest BCUT2D eigenvalue weighted by Crippen LogP contribution is -2.60. The number of nitrogens with one attached hydrogen (secondary N) is 1. The minimum Gasteiger partial charge on any atom is -0.443 e. The number of ether oxygens (including phenoxy) is 2. The van der Waals surface area contributed by atoms with E-state index < -0.39 is 34.5 Å². The number of halogens is 1. The van der Waals surface area contributed by atoms with Crippen LogP contribution in [0.5, 0.6) is 0 Å². The molecule has 0 amide bonds. The summed E-state index contributed by atoms with van der Waals surface area (Å²) in [6.45, 7) is 3.38. The van der Waals surface area contributed by atoms with Crippen LogP contribution in [-0.2, 0) is 15.3 Å².